The van der Waals surface area contributed by atoms with Gasteiger partial charge in [-0.3, -0.25) is 4.79 Å². The average molecular weight is 294 g/mol. The Morgan fingerprint density at radius 2 is 1.95 bits per heavy atom. The molecule has 20 heavy (non-hydrogen) atoms. The number of hydrogen-bond acceptors (Lipinski definition) is 2. The maximum atomic E-state index is 12.7. The van der Waals surface area contributed by atoms with E-state index in [2.05, 4.69) is 5.32 Å². The van der Waals surface area contributed by atoms with Crippen LogP contribution in [0.5, 0.6) is 5.75 Å². The van der Waals surface area contributed by atoms with Gasteiger partial charge in [-0.25, -0.2) is 4.39 Å². The molecule has 0 heterocycles. The van der Waals surface area contributed by atoms with E-state index < -0.39 is 0 Å². The Morgan fingerprint density at radius 3 is 2.65 bits per heavy atom. The minimum absolute atomic E-state index is 0.213. The fraction of sp³-hybridized carbons (Fsp3) is 0.133. The minimum atomic E-state index is -0.313. The predicted octanol–water partition coefficient (Wildman–Crippen LogP) is 3.29. The van der Waals surface area contributed by atoms with Crippen LogP contribution >= 0.6 is 11.6 Å². The zero-order valence-electron chi connectivity index (χ0n) is 10.6. The maximum absolute atomic E-state index is 12.7. The summed E-state index contributed by atoms with van der Waals surface area (Å²) in [6.45, 7) is 0.653. The quantitative estimate of drug-likeness (QED) is 0.859. The first-order chi connectivity index (χ1) is 9.65. The van der Waals surface area contributed by atoms with Gasteiger partial charge in [0.15, 0.2) is 0 Å². The number of amides is 1. The van der Waals surface area contributed by atoms with E-state index in [9.17, 15) is 9.18 Å². The Bertz CT molecular complexity index is 587. The van der Waals surface area contributed by atoms with Gasteiger partial charge < -0.3 is 10.1 Å². The van der Waals surface area contributed by atoms with E-state index in [1.54, 1.807) is 24.3 Å². The van der Waals surface area contributed by atoms with E-state index in [4.69, 9.17) is 16.3 Å². The minimum Gasteiger partial charge on any atom is -0.492 e. The van der Waals surface area contributed by atoms with Gasteiger partial charge >= 0.3 is 0 Å². The Labute approximate surface area is 121 Å². The lowest BCUT2D eigenvalue weighted by molar-refractivity contribution is 0.0947. The van der Waals surface area contributed by atoms with Crippen molar-refractivity contribution in [1.82, 2.24) is 5.32 Å². The Hall–Kier alpha value is -2.07. The van der Waals surface area contributed by atoms with Gasteiger partial charge in [0.2, 0.25) is 0 Å². The van der Waals surface area contributed by atoms with Crippen molar-refractivity contribution >= 4 is 17.5 Å². The molecule has 2 aromatic carbocycles. The number of carbonyl (C=O) groups excluding carboxylic acids is 1. The van der Waals surface area contributed by atoms with E-state index in [0.29, 0.717) is 29.5 Å². The van der Waals surface area contributed by atoms with E-state index in [1.807, 2.05) is 0 Å². The highest BCUT2D eigenvalue weighted by molar-refractivity contribution is 6.30. The fourth-order valence-electron chi connectivity index (χ4n) is 1.60. The lowest BCUT2D eigenvalue weighted by Gasteiger charge is -2.08. The molecule has 1 N–H and O–H groups in total. The number of rotatable bonds is 5. The standard InChI is InChI=1S/C15H13ClFNO2/c16-12-3-1-2-11(10-12)15(19)18-8-9-20-14-6-4-13(17)5-7-14/h1-7,10H,8-9H2,(H,18,19). The Morgan fingerprint density at radius 1 is 1.20 bits per heavy atom. The molecule has 2 rings (SSSR count). The monoisotopic (exact) mass is 293 g/mol. The third kappa shape index (κ3) is 4.24. The van der Waals surface area contributed by atoms with Crippen LogP contribution in [0.15, 0.2) is 48.5 Å². The van der Waals surface area contributed by atoms with Crippen LogP contribution in [0.4, 0.5) is 4.39 Å². The van der Waals surface area contributed by atoms with Gasteiger partial charge in [-0.15, -0.1) is 0 Å². The van der Waals surface area contributed by atoms with Crippen molar-refractivity contribution in [2.24, 2.45) is 0 Å². The van der Waals surface area contributed by atoms with Crippen molar-refractivity contribution in [3.05, 3.63) is 64.9 Å². The van der Waals surface area contributed by atoms with Gasteiger partial charge in [0.1, 0.15) is 18.2 Å². The summed E-state index contributed by atoms with van der Waals surface area (Å²) in [6, 6.07) is 12.4. The molecule has 0 atom stereocenters. The van der Waals surface area contributed by atoms with Crippen LogP contribution in [-0.4, -0.2) is 19.1 Å². The fourth-order valence-corrected chi connectivity index (χ4v) is 1.79. The van der Waals surface area contributed by atoms with Crippen LogP contribution in [0.2, 0.25) is 5.02 Å². The number of carbonyl (C=O) groups is 1. The summed E-state index contributed by atoms with van der Waals surface area (Å²) < 4.78 is 18.0. The molecule has 0 aliphatic heterocycles. The summed E-state index contributed by atoms with van der Waals surface area (Å²) in [5.74, 6) is 0.0326. The smallest absolute Gasteiger partial charge is 0.251 e. The zero-order valence-corrected chi connectivity index (χ0v) is 11.4. The second-order valence-electron chi connectivity index (χ2n) is 4.07. The molecule has 0 aromatic heterocycles. The summed E-state index contributed by atoms with van der Waals surface area (Å²) in [5, 5.41) is 3.23. The van der Waals surface area contributed by atoms with E-state index in [1.165, 1.54) is 24.3 Å². The molecule has 0 saturated heterocycles. The van der Waals surface area contributed by atoms with Gasteiger partial charge in [0.05, 0.1) is 6.54 Å². The van der Waals surface area contributed by atoms with Crippen molar-refractivity contribution in [3.8, 4) is 5.75 Å². The molecular formula is C15H13ClFNO2. The molecular weight excluding hydrogens is 281 g/mol. The Balaban J connectivity index is 1.76. The molecule has 0 radical (unpaired) electrons. The summed E-state index contributed by atoms with van der Waals surface area (Å²) in [6.07, 6.45) is 0. The summed E-state index contributed by atoms with van der Waals surface area (Å²) in [5.41, 5.74) is 0.499. The predicted molar refractivity (Wildman–Crippen MR) is 75.7 cm³/mol. The molecule has 0 spiro atoms. The summed E-state index contributed by atoms with van der Waals surface area (Å²) in [4.78, 5) is 11.8. The second kappa shape index (κ2) is 6.91. The lowest BCUT2D eigenvalue weighted by atomic mass is 10.2. The SMILES string of the molecule is O=C(NCCOc1ccc(F)cc1)c1cccc(Cl)c1. The molecule has 1 amide bonds. The lowest BCUT2D eigenvalue weighted by Crippen LogP contribution is -2.28. The largest absolute Gasteiger partial charge is 0.492 e. The van der Waals surface area contributed by atoms with E-state index >= 15 is 0 Å². The van der Waals surface area contributed by atoms with Gasteiger partial charge in [-0.2, -0.15) is 0 Å². The molecule has 0 saturated carbocycles. The molecule has 0 aliphatic carbocycles. The van der Waals surface area contributed by atoms with Crippen LogP contribution < -0.4 is 10.1 Å². The van der Waals surface area contributed by atoms with Gasteiger partial charge in [0, 0.05) is 10.6 Å². The van der Waals surface area contributed by atoms with Crippen LogP contribution in [0.3, 0.4) is 0 Å². The highest BCUT2D eigenvalue weighted by atomic mass is 35.5. The zero-order chi connectivity index (χ0) is 14.4. The molecule has 2 aromatic rings. The number of ether oxygens (including phenoxy) is 1. The van der Waals surface area contributed by atoms with Crippen molar-refractivity contribution in [2.75, 3.05) is 13.2 Å². The van der Waals surface area contributed by atoms with Crippen molar-refractivity contribution in [3.63, 3.8) is 0 Å². The summed E-state index contributed by atoms with van der Waals surface area (Å²) >= 11 is 5.81. The first-order valence-electron chi connectivity index (χ1n) is 6.07. The highest BCUT2D eigenvalue weighted by Crippen LogP contribution is 2.11. The molecule has 104 valence electrons. The first kappa shape index (κ1) is 14.3. The third-order valence-electron chi connectivity index (χ3n) is 2.56. The highest BCUT2D eigenvalue weighted by Gasteiger charge is 2.04. The Kier molecular flexibility index (Phi) is 4.96. The second-order valence-corrected chi connectivity index (χ2v) is 4.51. The number of hydrogen-bond donors (Lipinski definition) is 1. The van der Waals surface area contributed by atoms with Gasteiger partial charge in [-0.05, 0) is 42.5 Å². The van der Waals surface area contributed by atoms with Gasteiger partial charge in [-0.1, -0.05) is 17.7 Å². The van der Waals surface area contributed by atoms with Crippen molar-refractivity contribution in [2.45, 2.75) is 0 Å². The van der Waals surface area contributed by atoms with Gasteiger partial charge in [0.25, 0.3) is 5.91 Å². The van der Waals surface area contributed by atoms with Crippen molar-refractivity contribution < 1.29 is 13.9 Å². The molecule has 3 nitrogen and oxygen atoms in total. The molecule has 5 heteroatoms. The maximum Gasteiger partial charge on any atom is 0.251 e. The number of benzene rings is 2. The average Bonchev–Trinajstić information content (AvgIpc) is 2.45. The summed E-state index contributed by atoms with van der Waals surface area (Å²) in [7, 11) is 0. The normalized spacial score (nSPS) is 10.1. The van der Waals surface area contributed by atoms with Crippen LogP contribution in [0, 0.1) is 5.82 Å². The number of nitrogens with one attached hydrogen (secondary N) is 1. The first-order valence-corrected chi connectivity index (χ1v) is 6.45. The van der Waals surface area contributed by atoms with E-state index in [0.717, 1.165) is 0 Å². The number of halogens is 2. The van der Waals surface area contributed by atoms with Crippen LogP contribution in [0.25, 0.3) is 0 Å². The molecule has 0 bridgehead atoms. The van der Waals surface area contributed by atoms with Crippen LogP contribution in [-0.2, 0) is 0 Å². The third-order valence-corrected chi connectivity index (χ3v) is 2.79. The molecule has 0 aliphatic rings. The topological polar surface area (TPSA) is 38.3 Å². The molecule has 0 fully saturated rings. The molecule has 0 unspecified atom stereocenters. The van der Waals surface area contributed by atoms with Crippen molar-refractivity contribution in [1.29, 1.82) is 0 Å². The van der Waals surface area contributed by atoms with E-state index in [-0.39, 0.29) is 11.7 Å². The van der Waals surface area contributed by atoms with Crippen LogP contribution in [0.1, 0.15) is 10.4 Å².